The number of likely N-dealkylation sites (tertiary alicyclic amines) is 1. The van der Waals surface area contributed by atoms with Crippen molar-refractivity contribution in [1.82, 2.24) is 4.90 Å². The Labute approximate surface area is 92.5 Å². The molecule has 1 aliphatic rings. The molecule has 1 aliphatic heterocycles. The quantitative estimate of drug-likeness (QED) is 0.761. The minimum atomic E-state index is -0.657. The fourth-order valence-corrected chi connectivity index (χ4v) is 2.52. The van der Waals surface area contributed by atoms with Gasteiger partial charge in [-0.05, 0) is 44.2 Å². The van der Waals surface area contributed by atoms with Crippen molar-refractivity contribution >= 4 is 5.97 Å². The summed E-state index contributed by atoms with van der Waals surface area (Å²) in [6.07, 6.45) is 3.95. The van der Waals surface area contributed by atoms with Gasteiger partial charge in [0.05, 0.1) is 0 Å². The molecule has 1 N–H and O–H groups in total. The third-order valence-electron chi connectivity index (χ3n) is 3.38. The molecule has 0 amide bonds. The number of piperidine rings is 1. The minimum Gasteiger partial charge on any atom is -0.481 e. The van der Waals surface area contributed by atoms with Gasteiger partial charge in [-0.2, -0.15) is 0 Å². The lowest BCUT2D eigenvalue weighted by Crippen LogP contribution is -2.38. The van der Waals surface area contributed by atoms with Crippen molar-refractivity contribution in [1.29, 1.82) is 0 Å². The third kappa shape index (κ3) is 4.20. The molecule has 0 spiro atoms. The Hall–Kier alpha value is -0.570. The van der Waals surface area contributed by atoms with E-state index in [0.29, 0.717) is 18.3 Å². The summed E-state index contributed by atoms with van der Waals surface area (Å²) < 4.78 is 0. The minimum absolute atomic E-state index is 0.321. The summed E-state index contributed by atoms with van der Waals surface area (Å²) in [6.45, 7) is 7.74. The first-order valence-electron chi connectivity index (χ1n) is 6.07. The summed E-state index contributed by atoms with van der Waals surface area (Å²) in [5.41, 5.74) is 0. The number of carboxylic acids is 1. The SMILES string of the molecule is CCCN1CCCC(C(C)CC(=O)O)C1. The maximum atomic E-state index is 10.6. The summed E-state index contributed by atoms with van der Waals surface area (Å²) in [5, 5.41) is 8.77. The zero-order valence-corrected chi connectivity index (χ0v) is 9.91. The van der Waals surface area contributed by atoms with Crippen LogP contribution in [0.2, 0.25) is 0 Å². The standard InChI is InChI=1S/C12H23NO2/c1-3-6-13-7-4-5-11(9-13)10(2)8-12(14)15/h10-11H,3-9H2,1-2H3,(H,14,15). The Kier molecular flexibility index (Phi) is 5.09. The maximum Gasteiger partial charge on any atom is 0.303 e. The van der Waals surface area contributed by atoms with E-state index in [1.807, 2.05) is 0 Å². The van der Waals surface area contributed by atoms with Gasteiger partial charge in [0.25, 0.3) is 0 Å². The van der Waals surface area contributed by atoms with E-state index < -0.39 is 5.97 Å². The topological polar surface area (TPSA) is 40.5 Å². The van der Waals surface area contributed by atoms with Crippen LogP contribution < -0.4 is 0 Å². The first-order chi connectivity index (χ1) is 7.13. The number of nitrogens with zero attached hydrogens (tertiary/aromatic N) is 1. The molecule has 15 heavy (non-hydrogen) atoms. The summed E-state index contributed by atoms with van der Waals surface area (Å²) in [6, 6.07) is 0. The first-order valence-corrected chi connectivity index (χ1v) is 6.07. The van der Waals surface area contributed by atoms with Crippen LogP contribution in [0.5, 0.6) is 0 Å². The Balaban J connectivity index is 2.37. The highest BCUT2D eigenvalue weighted by Crippen LogP contribution is 2.25. The van der Waals surface area contributed by atoms with E-state index in [-0.39, 0.29) is 0 Å². The van der Waals surface area contributed by atoms with Crippen molar-refractivity contribution in [3.63, 3.8) is 0 Å². The summed E-state index contributed by atoms with van der Waals surface area (Å²) in [7, 11) is 0. The second-order valence-electron chi connectivity index (χ2n) is 4.78. The van der Waals surface area contributed by atoms with Crippen molar-refractivity contribution < 1.29 is 9.90 Å². The first kappa shape index (κ1) is 12.5. The molecule has 0 bridgehead atoms. The smallest absolute Gasteiger partial charge is 0.303 e. The molecule has 0 aromatic carbocycles. The van der Waals surface area contributed by atoms with Crippen LogP contribution in [-0.2, 0) is 4.79 Å². The van der Waals surface area contributed by atoms with Crippen molar-refractivity contribution in [2.75, 3.05) is 19.6 Å². The lowest BCUT2D eigenvalue weighted by Gasteiger charge is -2.35. The highest BCUT2D eigenvalue weighted by atomic mass is 16.4. The molecule has 1 heterocycles. The van der Waals surface area contributed by atoms with Crippen molar-refractivity contribution in [2.24, 2.45) is 11.8 Å². The van der Waals surface area contributed by atoms with Gasteiger partial charge in [-0.3, -0.25) is 4.79 Å². The van der Waals surface area contributed by atoms with E-state index in [4.69, 9.17) is 5.11 Å². The van der Waals surface area contributed by atoms with Crippen LogP contribution in [0.25, 0.3) is 0 Å². The maximum absolute atomic E-state index is 10.6. The van der Waals surface area contributed by atoms with Gasteiger partial charge >= 0.3 is 5.97 Å². The second-order valence-corrected chi connectivity index (χ2v) is 4.78. The van der Waals surface area contributed by atoms with Gasteiger partial charge in [0.1, 0.15) is 0 Å². The summed E-state index contributed by atoms with van der Waals surface area (Å²) in [4.78, 5) is 13.1. The summed E-state index contributed by atoms with van der Waals surface area (Å²) >= 11 is 0. The predicted molar refractivity (Wildman–Crippen MR) is 60.9 cm³/mol. The highest BCUT2D eigenvalue weighted by Gasteiger charge is 2.25. The van der Waals surface area contributed by atoms with Gasteiger partial charge in [-0.1, -0.05) is 13.8 Å². The Morgan fingerprint density at radius 3 is 2.93 bits per heavy atom. The average Bonchev–Trinajstić information content (AvgIpc) is 2.17. The van der Waals surface area contributed by atoms with Gasteiger partial charge in [0.15, 0.2) is 0 Å². The Bertz CT molecular complexity index is 204. The van der Waals surface area contributed by atoms with E-state index >= 15 is 0 Å². The van der Waals surface area contributed by atoms with Gasteiger partial charge < -0.3 is 10.0 Å². The molecule has 88 valence electrons. The van der Waals surface area contributed by atoms with Gasteiger partial charge in [0.2, 0.25) is 0 Å². The lowest BCUT2D eigenvalue weighted by atomic mass is 9.84. The van der Waals surface area contributed by atoms with Crippen LogP contribution in [-0.4, -0.2) is 35.6 Å². The third-order valence-corrected chi connectivity index (χ3v) is 3.38. The van der Waals surface area contributed by atoms with Gasteiger partial charge in [0, 0.05) is 13.0 Å². The molecule has 3 heteroatoms. The highest BCUT2D eigenvalue weighted by molar-refractivity contribution is 5.66. The number of hydrogen-bond donors (Lipinski definition) is 1. The van der Waals surface area contributed by atoms with Crippen LogP contribution in [0.15, 0.2) is 0 Å². The number of hydrogen-bond acceptors (Lipinski definition) is 2. The van der Waals surface area contributed by atoms with E-state index in [2.05, 4.69) is 18.7 Å². The average molecular weight is 213 g/mol. The zero-order valence-electron chi connectivity index (χ0n) is 9.91. The Morgan fingerprint density at radius 1 is 1.60 bits per heavy atom. The number of carboxylic acid groups (broad SMARTS) is 1. The molecule has 0 aliphatic carbocycles. The van der Waals surface area contributed by atoms with Crippen molar-refractivity contribution in [3.05, 3.63) is 0 Å². The van der Waals surface area contributed by atoms with Crippen LogP contribution in [0.4, 0.5) is 0 Å². The Morgan fingerprint density at radius 2 is 2.33 bits per heavy atom. The number of rotatable bonds is 5. The molecule has 1 fully saturated rings. The van der Waals surface area contributed by atoms with E-state index in [0.717, 1.165) is 13.1 Å². The van der Waals surface area contributed by atoms with Crippen LogP contribution in [0.1, 0.15) is 39.5 Å². The van der Waals surface area contributed by atoms with E-state index in [9.17, 15) is 4.79 Å². The van der Waals surface area contributed by atoms with Crippen LogP contribution >= 0.6 is 0 Å². The van der Waals surface area contributed by atoms with Crippen LogP contribution in [0, 0.1) is 11.8 Å². The molecular formula is C12H23NO2. The molecule has 3 nitrogen and oxygen atoms in total. The molecule has 0 aromatic rings. The van der Waals surface area contributed by atoms with Crippen molar-refractivity contribution in [3.8, 4) is 0 Å². The van der Waals surface area contributed by atoms with E-state index in [1.54, 1.807) is 0 Å². The molecule has 1 saturated heterocycles. The fraction of sp³-hybridized carbons (Fsp3) is 0.917. The predicted octanol–water partition coefficient (Wildman–Crippen LogP) is 2.22. The van der Waals surface area contributed by atoms with E-state index in [1.165, 1.54) is 25.8 Å². The molecule has 0 radical (unpaired) electrons. The molecule has 0 saturated carbocycles. The van der Waals surface area contributed by atoms with Crippen LogP contribution in [0.3, 0.4) is 0 Å². The summed E-state index contributed by atoms with van der Waals surface area (Å²) in [5.74, 6) is 0.249. The monoisotopic (exact) mass is 213 g/mol. The number of carbonyl (C=O) groups is 1. The van der Waals surface area contributed by atoms with Gasteiger partial charge in [-0.25, -0.2) is 0 Å². The molecule has 2 unspecified atom stereocenters. The normalized spacial score (nSPS) is 25.1. The fourth-order valence-electron chi connectivity index (χ4n) is 2.52. The molecule has 0 aromatic heterocycles. The van der Waals surface area contributed by atoms with Crippen molar-refractivity contribution in [2.45, 2.75) is 39.5 Å². The van der Waals surface area contributed by atoms with Gasteiger partial charge in [-0.15, -0.1) is 0 Å². The molecular weight excluding hydrogens is 190 g/mol. The molecule has 1 rings (SSSR count). The molecule has 2 atom stereocenters. The second kappa shape index (κ2) is 6.11. The zero-order chi connectivity index (χ0) is 11.3. The number of aliphatic carboxylic acids is 1. The lowest BCUT2D eigenvalue weighted by molar-refractivity contribution is -0.138. The largest absolute Gasteiger partial charge is 0.481 e.